The van der Waals surface area contributed by atoms with E-state index in [0.29, 0.717) is 0 Å². The molecule has 6 rings (SSSR count). The number of hydrogen-bond acceptors (Lipinski definition) is 0. The van der Waals surface area contributed by atoms with Crippen molar-refractivity contribution in [2.45, 2.75) is 83.1 Å². The molecule has 0 aromatic heterocycles. The van der Waals surface area contributed by atoms with Gasteiger partial charge >= 0.3 is 0 Å². The zero-order chi connectivity index (χ0) is 25.7. The fourth-order valence-electron chi connectivity index (χ4n) is 5.32. The molecule has 0 heterocycles. The molecule has 6 aromatic carbocycles. The van der Waals surface area contributed by atoms with Crippen molar-refractivity contribution < 1.29 is 0 Å². The van der Waals surface area contributed by atoms with Crippen LogP contribution in [0.5, 0.6) is 0 Å². The number of benzene rings is 6. The Labute approximate surface area is 207 Å². The van der Waals surface area contributed by atoms with Crippen LogP contribution in [0.1, 0.15) is 77.6 Å². The van der Waals surface area contributed by atoms with Crippen LogP contribution < -0.4 is 0 Å². The number of fused-ring (bicyclic) bond motifs is 1. The molecule has 0 aliphatic heterocycles. The molecule has 0 nitrogen and oxygen atoms in total. The summed E-state index contributed by atoms with van der Waals surface area (Å²) in [7, 11) is 0. The molecule has 0 fully saturated rings. The minimum Gasteiger partial charge on any atom is -0.0683 e. The maximum atomic E-state index is 2.37. The van der Waals surface area contributed by atoms with Crippen molar-refractivity contribution in [1.82, 2.24) is 0 Å². The van der Waals surface area contributed by atoms with Gasteiger partial charge in [-0.05, 0) is 104 Å². The molecule has 0 saturated heterocycles. The van der Waals surface area contributed by atoms with Crippen LogP contribution in [0, 0.1) is 27.7 Å². The van der Waals surface area contributed by atoms with Crippen LogP contribution in [0.4, 0.5) is 0 Å². The van der Waals surface area contributed by atoms with Crippen molar-refractivity contribution in [3.8, 4) is 0 Å². The normalized spacial score (nSPS) is 10.4. The van der Waals surface area contributed by atoms with Gasteiger partial charge in [0.2, 0.25) is 0 Å². The second kappa shape index (κ2) is 11.5. The molecule has 0 bridgehead atoms. The number of aryl methyl sites for hydroxylation is 4. The van der Waals surface area contributed by atoms with E-state index in [1.807, 2.05) is 55.4 Å². The third-order valence-corrected chi connectivity index (χ3v) is 6.46. The molecular weight excluding hydrogens is 408 g/mol. The van der Waals surface area contributed by atoms with Crippen molar-refractivity contribution >= 4 is 53.9 Å². The Bertz CT molecular complexity index is 1500. The molecule has 0 aliphatic carbocycles. The first-order valence-electron chi connectivity index (χ1n) is 13.4. The van der Waals surface area contributed by atoms with Gasteiger partial charge in [-0.15, -0.1) is 0 Å². The van der Waals surface area contributed by atoms with Gasteiger partial charge in [0, 0.05) is 0 Å². The predicted octanol–water partition coefficient (Wildman–Crippen LogP) is 11.7. The Morgan fingerprint density at radius 3 is 1.35 bits per heavy atom. The zero-order valence-corrected chi connectivity index (χ0v) is 23.6. The standard InChI is InChI=1S/C26H20.4C2H6/c1-13-5-7-21-22-16(4)11-14(2)19-8-6-17-12-15(3)20-10-9-18(13)24(21)26(20)23(17)25(19)22;4*1-2/h5-12H,1-4H3;4*1-2H3. The highest BCUT2D eigenvalue weighted by molar-refractivity contribution is 6.40. The van der Waals surface area contributed by atoms with Crippen LogP contribution in [0.15, 0.2) is 48.5 Å². The lowest BCUT2D eigenvalue weighted by Gasteiger charge is -2.21. The predicted molar refractivity (Wildman–Crippen MR) is 161 cm³/mol. The van der Waals surface area contributed by atoms with Crippen molar-refractivity contribution in [2.75, 3.05) is 0 Å². The summed E-state index contributed by atoms with van der Waals surface area (Å²) in [6.07, 6.45) is 0. The Morgan fingerprint density at radius 2 is 0.765 bits per heavy atom. The Kier molecular flexibility index (Phi) is 9.28. The van der Waals surface area contributed by atoms with Crippen LogP contribution in [-0.4, -0.2) is 0 Å². The molecule has 0 unspecified atom stereocenters. The molecule has 34 heavy (non-hydrogen) atoms. The second-order valence-corrected chi connectivity index (χ2v) is 8.01. The van der Waals surface area contributed by atoms with E-state index < -0.39 is 0 Å². The maximum Gasteiger partial charge on any atom is -0.00113 e. The summed E-state index contributed by atoms with van der Waals surface area (Å²) in [5, 5.41) is 14.2. The van der Waals surface area contributed by atoms with E-state index in [2.05, 4.69) is 76.2 Å². The summed E-state index contributed by atoms with van der Waals surface area (Å²) in [6.45, 7) is 25.0. The Morgan fingerprint density at radius 1 is 0.324 bits per heavy atom. The van der Waals surface area contributed by atoms with E-state index in [1.165, 1.54) is 76.1 Å². The third kappa shape index (κ3) is 3.98. The van der Waals surface area contributed by atoms with Gasteiger partial charge < -0.3 is 0 Å². The first-order valence-corrected chi connectivity index (χ1v) is 13.4. The monoisotopic (exact) mass is 452 g/mol. The average molecular weight is 453 g/mol. The zero-order valence-electron chi connectivity index (χ0n) is 23.6. The number of rotatable bonds is 0. The quantitative estimate of drug-likeness (QED) is 0.159. The van der Waals surface area contributed by atoms with Gasteiger partial charge in [-0.25, -0.2) is 0 Å². The highest BCUT2D eigenvalue weighted by atomic mass is 14.2. The van der Waals surface area contributed by atoms with Gasteiger partial charge in [0.25, 0.3) is 0 Å². The fourth-order valence-corrected chi connectivity index (χ4v) is 5.32. The van der Waals surface area contributed by atoms with Crippen molar-refractivity contribution in [1.29, 1.82) is 0 Å². The molecule has 0 heteroatoms. The highest BCUT2D eigenvalue weighted by Crippen LogP contribution is 2.47. The Hall–Kier alpha value is -2.86. The van der Waals surface area contributed by atoms with Crippen molar-refractivity contribution in [2.24, 2.45) is 0 Å². The summed E-state index contributed by atoms with van der Waals surface area (Å²) in [4.78, 5) is 0. The van der Waals surface area contributed by atoms with E-state index in [4.69, 9.17) is 0 Å². The summed E-state index contributed by atoms with van der Waals surface area (Å²) in [5.41, 5.74) is 5.49. The fraction of sp³-hybridized carbons (Fsp3) is 0.353. The summed E-state index contributed by atoms with van der Waals surface area (Å²) < 4.78 is 0. The summed E-state index contributed by atoms with van der Waals surface area (Å²) in [6, 6.07) is 18.6. The lowest BCUT2D eigenvalue weighted by atomic mass is 9.82. The highest BCUT2D eigenvalue weighted by Gasteiger charge is 2.20. The van der Waals surface area contributed by atoms with Gasteiger partial charge in [0.05, 0.1) is 0 Å². The molecule has 0 spiro atoms. The van der Waals surface area contributed by atoms with Crippen LogP contribution in [0.25, 0.3) is 53.9 Å². The Balaban J connectivity index is 0.000000467. The first kappa shape index (κ1) is 27.4. The minimum atomic E-state index is 1.36. The lowest BCUT2D eigenvalue weighted by molar-refractivity contribution is 1.46. The molecule has 0 saturated carbocycles. The van der Waals surface area contributed by atoms with Crippen LogP contribution in [0.3, 0.4) is 0 Å². The minimum absolute atomic E-state index is 1.36. The molecule has 0 aliphatic rings. The number of hydrogen-bond donors (Lipinski definition) is 0. The van der Waals surface area contributed by atoms with Gasteiger partial charge in [0.15, 0.2) is 0 Å². The van der Waals surface area contributed by atoms with E-state index in [9.17, 15) is 0 Å². The van der Waals surface area contributed by atoms with Gasteiger partial charge in [-0.2, -0.15) is 0 Å². The van der Waals surface area contributed by atoms with E-state index in [0.717, 1.165) is 0 Å². The topological polar surface area (TPSA) is 0 Å². The first-order chi connectivity index (χ1) is 16.6. The van der Waals surface area contributed by atoms with Crippen LogP contribution in [-0.2, 0) is 0 Å². The van der Waals surface area contributed by atoms with Crippen LogP contribution in [0.2, 0.25) is 0 Å². The van der Waals surface area contributed by atoms with E-state index in [-0.39, 0.29) is 0 Å². The van der Waals surface area contributed by atoms with Gasteiger partial charge in [0.1, 0.15) is 0 Å². The smallest absolute Gasteiger partial charge is 0.00113 e. The average Bonchev–Trinajstić information content (AvgIpc) is 2.89. The third-order valence-electron chi connectivity index (χ3n) is 6.46. The molecule has 0 atom stereocenters. The molecule has 180 valence electrons. The summed E-state index contributed by atoms with van der Waals surface area (Å²) in [5.74, 6) is 0. The second-order valence-electron chi connectivity index (χ2n) is 8.01. The molecule has 0 N–H and O–H groups in total. The van der Waals surface area contributed by atoms with Gasteiger partial charge in [-0.3, -0.25) is 0 Å². The SMILES string of the molecule is CC.CC.CC.CC.Cc1ccc2c3c(C)cc(C)c4ccc5cc(C)c6ccc1c2c6c5c43. The largest absolute Gasteiger partial charge is 0.0683 e. The van der Waals surface area contributed by atoms with Crippen molar-refractivity contribution in [3.63, 3.8) is 0 Å². The van der Waals surface area contributed by atoms with E-state index >= 15 is 0 Å². The van der Waals surface area contributed by atoms with Crippen LogP contribution >= 0.6 is 0 Å². The van der Waals surface area contributed by atoms with Gasteiger partial charge in [-0.1, -0.05) is 104 Å². The molecular formula is C34H44. The molecule has 0 amide bonds. The molecule has 6 aromatic rings. The summed E-state index contributed by atoms with van der Waals surface area (Å²) >= 11 is 0. The van der Waals surface area contributed by atoms with Crippen molar-refractivity contribution in [3.05, 3.63) is 70.8 Å². The maximum absolute atomic E-state index is 2.37. The lowest BCUT2D eigenvalue weighted by Crippen LogP contribution is -1.95. The van der Waals surface area contributed by atoms with E-state index in [1.54, 1.807) is 0 Å². The molecule has 0 radical (unpaired) electrons.